The molecule has 2 aromatic heterocycles. The van der Waals surface area contributed by atoms with Gasteiger partial charge in [-0.25, -0.2) is 4.98 Å². The number of thioether (sulfide) groups is 1. The number of hydrogen-bond acceptors (Lipinski definition) is 5. The molecule has 1 aromatic carbocycles. The minimum atomic E-state index is -0.155. The first kappa shape index (κ1) is 16.3. The molecule has 1 amide bonds. The number of benzene rings is 1. The molecule has 0 radical (unpaired) electrons. The molecule has 7 heteroatoms. The Hall–Kier alpha value is -2.56. The summed E-state index contributed by atoms with van der Waals surface area (Å²) in [6.45, 7) is 2.04. The lowest BCUT2D eigenvalue weighted by molar-refractivity contribution is -0.113. The number of carbonyl (C=O) groups is 1. The van der Waals surface area contributed by atoms with Gasteiger partial charge in [-0.3, -0.25) is 9.36 Å². The van der Waals surface area contributed by atoms with E-state index in [4.69, 9.17) is 5.26 Å². The Morgan fingerprint density at radius 1 is 1.46 bits per heavy atom. The van der Waals surface area contributed by atoms with Crippen LogP contribution < -0.4 is 5.32 Å². The zero-order chi connectivity index (χ0) is 16.9. The minimum Gasteiger partial charge on any atom is -0.316 e. The molecule has 3 aromatic rings. The molecule has 120 valence electrons. The number of anilines is 1. The molecule has 0 saturated carbocycles. The van der Waals surface area contributed by atoms with E-state index in [2.05, 4.69) is 22.4 Å². The number of nitriles is 1. The summed E-state index contributed by atoms with van der Waals surface area (Å²) in [7, 11) is 0. The Labute approximate surface area is 148 Å². The van der Waals surface area contributed by atoms with Crippen LogP contribution in [0.1, 0.15) is 11.1 Å². The second kappa shape index (κ2) is 7.34. The van der Waals surface area contributed by atoms with Crippen molar-refractivity contribution in [3.05, 3.63) is 59.2 Å². The maximum Gasteiger partial charge on any atom is 0.235 e. The van der Waals surface area contributed by atoms with Gasteiger partial charge in [0.2, 0.25) is 5.91 Å². The maximum atomic E-state index is 12.1. The van der Waals surface area contributed by atoms with Gasteiger partial charge < -0.3 is 5.32 Å². The second-order valence-corrected chi connectivity index (χ2v) is 6.89. The number of nitrogens with one attached hydrogen (secondary N) is 1. The van der Waals surface area contributed by atoms with Crippen molar-refractivity contribution < 1.29 is 4.79 Å². The Balaban J connectivity index is 1.67. The molecule has 0 saturated heterocycles. The molecule has 0 aliphatic heterocycles. The fourth-order valence-corrected chi connectivity index (χ4v) is 3.68. The van der Waals surface area contributed by atoms with E-state index < -0.39 is 0 Å². The van der Waals surface area contributed by atoms with Crippen molar-refractivity contribution in [2.45, 2.75) is 12.1 Å². The van der Waals surface area contributed by atoms with Gasteiger partial charge in [0.1, 0.15) is 11.1 Å². The normalized spacial score (nSPS) is 10.3. The molecule has 0 bridgehead atoms. The fraction of sp³-hybridized carbons (Fsp3) is 0.118. The van der Waals surface area contributed by atoms with Crippen molar-refractivity contribution in [3.8, 4) is 11.8 Å². The highest BCUT2D eigenvalue weighted by Crippen LogP contribution is 2.24. The molecule has 0 atom stereocenters. The minimum absolute atomic E-state index is 0.155. The number of aryl methyl sites for hydroxylation is 1. The first-order valence-corrected chi connectivity index (χ1v) is 9.04. The van der Waals surface area contributed by atoms with Crippen LogP contribution in [0, 0.1) is 18.3 Å². The summed E-state index contributed by atoms with van der Waals surface area (Å²) in [6, 6.07) is 11.8. The van der Waals surface area contributed by atoms with Gasteiger partial charge >= 0.3 is 0 Å². The first-order valence-electron chi connectivity index (χ1n) is 7.18. The standard InChI is InChI=1S/C17H14N4OS2/c1-12-3-2-4-14(9-12)21-7-6-19-17(21)24-11-15(22)20-16-13(10-18)5-8-23-16/h2-9H,11H2,1H3,(H,20,22). The Morgan fingerprint density at radius 3 is 3.12 bits per heavy atom. The predicted molar refractivity (Wildman–Crippen MR) is 96.7 cm³/mol. The van der Waals surface area contributed by atoms with Gasteiger partial charge in [-0.1, -0.05) is 23.9 Å². The topological polar surface area (TPSA) is 70.7 Å². The van der Waals surface area contributed by atoms with E-state index >= 15 is 0 Å². The Morgan fingerprint density at radius 2 is 2.33 bits per heavy atom. The van der Waals surface area contributed by atoms with Crippen molar-refractivity contribution in [1.29, 1.82) is 5.26 Å². The van der Waals surface area contributed by atoms with Crippen molar-refractivity contribution in [2.24, 2.45) is 0 Å². The average Bonchev–Trinajstić information content (AvgIpc) is 3.21. The van der Waals surface area contributed by atoms with Gasteiger partial charge in [0, 0.05) is 18.1 Å². The molecule has 0 spiro atoms. The van der Waals surface area contributed by atoms with Gasteiger partial charge in [-0.05, 0) is 36.1 Å². The van der Waals surface area contributed by atoms with Crippen molar-refractivity contribution in [1.82, 2.24) is 9.55 Å². The zero-order valence-electron chi connectivity index (χ0n) is 12.9. The van der Waals surface area contributed by atoms with Crippen LogP contribution in [0.5, 0.6) is 0 Å². The summed E-state index contributed by atoms with van der Waals surface area (Å²) in [6.07, 6.45) is 3.59. The fourth-order valence-electron chi connectivity index (χ4n) is 2.16. The smallest absolute Gasteiger partial charge is 0.235 e. The number of rotatable bonds is 5. The maximum absolute atomic E-state index is 12.1. The van der Waals surface area contributed by atoms with E-state index in [9.17, 15) is 4.79 Å². The quantitative estimate of drug-likeness (QED) is 0.707. The van der Waals surface area contributed by atoms with Crippen LogP contribution in [-0.2, 0) is 4.79 Å². The molecule has 0 aliphatic rings. The summed E-state index contributed by atoms with van der Waals surface area (Å²) in [4.78, 5) is 16.4. The van der Waals surface area contributed by atoms with E-state index in [1.807, 2.05) is 35.9 Å². The number of imidazole rings is 1. The van der Waals surface area contributed by atoms with Gasteiger partial charge in [0.05, 0.1) is 11.3 Å². The summed E-state index contributed by atoms with van der Waals surface area (Å²) < 4.78 is 1.96. The summed E-state index contributed by atoms with van der Waals surface area (Å²) in [5.74, 6) is 0.0729. The largest absolute Gasteiger partial charge is 0.316 e. The van der Waals surface area contributed by atoms with Crippen LogP contribution in [0.3, 0.4) is 0 Å². The highest BCUT2D eigenvalue weighted by atomic mass is 32.2. The number of amides is 1. The number of aromatic nitrogens is 2. The Bertz CT molecular complexity index is 907. The van der Waals surface area contributed by atoms with Crippen molar-refractivity contribution in [3.63, 3.8) is 0 Å². The Kier molecular flexibility index (Phi) is 4.99. The summed E-state index contributed by atoms with van der Waals surface area (Å²) in [5.41, 5.74) is 2.66. The molecule has 24 heavy (non-hydrogen) atoms. The van der Waals surface area contributed by atoms with Gasteiger partial charge in [0.15, 0.2) is 5.16 Å². The third-order valence-corrected chi connectivity index (χ3v) is 5.05. The van der Waals surface area contributed by atoms with Crippen LogP contribution in [0.2, 0.25) is 0 Å². The monoisotopic (exact) mass is 354 g/mol. The predicted octanol–water partition coefficient (Wildman–Crippen LogP) is 3.84. The van der Waals surface area contributed by atoms with Crippen LogP contribution in [0.15, 0.2) is 53.3 Å². The lowest BCUT2D eigenvalue weighted by atomic mass is 10.2. The van der Waals surface area contributed by atoms with Crippen molar-refractivity contribution >= 4 is 34.0 Å². The molecular weight excluding hydrogens is 340 g/mol. The molecule has 2 heterocycles. The van der Waals surface area contributed by atoms with Gasteiger partial charge in [-0.15, -0.1) is 11.3 Å². The zero-order valence-corrected chi connectivity index (χ0v) is 14.5. The van der Waals surface area contributed by atoms with E-state index in [0.717, 1.165) is 16.4 Å². The van der Waals surface area contributed by atoms with Crippen molar-refractivity contribution in [2.75, 3.05) is 11.1 Å². The van der Waals surface area contributed by atoms with Crippen LogP contribution in [-0.4, -0.2) is 21.2 Å². The summed E-state index contributed by atoms with van der Waals surface area (Å²) >= 11 is 2.70. The lowest BCUT2D eigenvalue weighted by Gasteiger charge is -2.08. The average molecular weight is 354 g/mol. The van der Waals surface area contributed by atoms with E-state index in [0.29, 0.717) is 10.6 Å². The third kappa shape index (κ3) is 3.67. The molecular formula is C17H14N4OS2. The molecule has 0 aliphatic carbocycles. The van der Waals surface area contributed by atoms with E-state index in [1.165, 1.54) is 23.1 Å². The number of hydrogen-bond donors (Lipinski definition) is 1. The number of nitrogens with zero attached hydrogens (tertiary/aromatic N) is 3. The van der Waals surface area contributed by atoms with Gasteiger partial charge in [-0.2, -0.15) is 5.26 Å². The lowest BCUT2D eigenvalue weighted by Crippen LogP contribution is -2.14. The SMILES string of the molecule is Cc1cccc(-n2ccnc2SCC(=O)Nc2sccc2C#N)c1. The van der Waals surface area contributed by atoms with E-state index in [-0.39, 0.29) is 11.7 Å². The van der Waals surface area contributed by atoms with Crippen LogP contribution in [0.25, 0.3) is 5.69 Å². The second-order valence-electron chi connectivity index (χ2n) is 5.03. The molecule has 1 N–H and O–H groups in total. The molecule has 3 rings (SSSR count). The molecule has 0 unspecified atom stereocenters. The van der Waals surface area contributed by atoms with E-state index in [1.54, 1.807) is 17.6 Å². The highest BCUT2D eigenvalue weighted by molar-refractivity contribution is 7.99. The molecule has 5 nitrogen and oxygen atoms in total. The van der Waals surface area contributed by atoms with Crippen LogP contribution in [0.4, 0.5) is 5.00 Å². The highest BCUT2D eigenvalue weighted by Gasteiger charge is 2.11. The summed E-state index contributed by atoms with van der Waals surface area (Å²) in [5, 5.41) is 14.9. The van der Waals surface area contributed by atoms with Crippen LogP contribution >= 0.6 is 23.1 Å². The number of carbonyl (C=O) groups excluding carboxylic acids is 1. The van der Waals surface area contributed by atoms with Gasteiger partial charge in [0.25, 0.3) is 0 Å². The number of thiophene rings is 1. The third-order valence-electron chi connectivity index (χ3n) is 3.26. The first-order chi connectivity index (χ1) is 11.7. The molecule has 0 fully saturated rings.